The van der Waals surface area contributed by atoms with E-state index in [-0.39, 0.29) is 17.1 Å². The molecular weight excluding hydrogens is 468 g/mol. The number of hydrogen-bond donors (Lipinski definition) is 2. The number of aromatic nitrogens is 3. The van der Waals surface area contributed by atoms with Gasteiger partial charge in [-0.05, 0) is 61.4 Å². The number of fused-ring (bicyclic) bond motifs is 5. The molecule has 0 saturated heterocycles. The lowest BCUT2D eigenvalue weighted by Crippen LogP contribution is -2.37. The van der Waals surface area contributed by atoms with Crippen LogP contribution >= 0.6 is 0 Å². The van der Waals surface area contributed by atoms with E-state index >= 15 is 0 Å². The molecule has 0 amide bonds. The third-order valence-corrected chi connectivity index (χ3v) is 7.43. The van der Waals surface area contributed by atoms with E-state index in [1.165, 1.54) is 23.7 Å². The minimum Gasteiger partial charge on any atom is -0.508 e. The van der Waals surface area contributed by atoms with Crippen LogP contribution in [0.4, 0.5) is 11.4 Å². The topological polar surface area (TPSA) is 92.6 Å². The number of para-hydroxylation sites is 1. The Morgan fingerprint density at radius 1 is 0.811 bits per heavy atom. The predicted molar refractivity (Wildman–Crippen MR) is 143 cm³/mol. The molecular formula is C29H26N4O4. The number of phenols is 2. The Balaban J connectivity index is 1.85. The fourth-order valence-electron chi connectivity index (χ4n) is 5.43. The smallest absolute Gasteiger partial charge is 0.331 e. The predicted octanol–water partition coefficient (Wildman–Crippen LogP) is 4.30. The number of phenolic OH excluding ortho intramolecular Hbond substituents is 2. The molecule has 0 fully saturated rings. The Hall–Kier alpha value is -4.72. The van der Waals surface area contributed by atoms with Crippen molar-refractivity contribution < 1.29 is 10.2 Å². The third-order valence-electron chi connectivity index (χ3n) is 7.43. The molecule has 0 bridgehead atoms. The number of aromatic hydroxyl groups is 2. The van der Waals surface area contributed by atoms with E-state index in [9.17, 15) is 19.8 Å². The first-order valence-electron chi connectivity index (χ1n) is 12.0. The summed E-state index contributed by atoms with van der Waals surface area (Å²) in [5.41, 5.74) is 5.69. The molecule has 5 aromatic rings. The summed E-state index contributed by atoms with van der Waals surface area (Å²) in [6.45, 7) is 4.09. The second kappa shape index (κ2) is 7.89. The summed E-state index contributed by atoms with van der Waals surface area (Å²) >= 11 is 0. The van der Waals surface area contributed by atoms with E-state index in [4.69, 9.17) is 0 Å². The van der Waals surface area contributed by atoms with Gasteiger partial charge in [0.2, 0.25) is 0 Å². The molecule has 0 aliphatic carbocycles. The molecule has 1 unspecified atom stereocenters. The molecule has 2 N–H and O–H groups in total. The van der Waals surface area contributed by atoms with Crippen molar-refractivity contribution in [1.82, 2.24) is 13.7 Å². The van der Waals surface area contributed by atoms with E-state index < -0.39 is 11.7 Å². The number of nitrogens with zero attached hydrogens (tertiary/aromatic N) is 4. The zero-order chi connectivity index (χ0) is 26.2. The van der Waals surface area contributed by atoms with Crippen molar-refractivity contribution in [2.45, 2.75) is 19.9 Å². The molecule has 2 aromatic heterocycles. The largest absolute Gasteiger partial charge is 0.508 e. The van der Waals surface area contributed by atoms with E-state index in [1.54, 1.807) is 19.3 Å². The van der Waals surface area contributed by atoms with Gasteiger partial charge in [-0.25, -0.2) is 4.79 Å². The highest BCUT2D eigenvalue weighted by Crippen LogP contribution is 2.50. The molecule has 0 saturated carbocycles. The Morgan fingerprint density at radius 2 is 1.49 bits per heavy atom. The molecule has 186 valence electrons. The Labute approximate surface area is 212 Å². The normalized spacial score (nSPS) is 14.6. The Morgan fingerprint density at radius 3 is 2.16 bits per heavy atom. The van der Waals surface area contributed by atoms with E-state index in [0.29, 0.717) is 22.2 Å². The number of rotatable bonds is 2. The molecule has 8 heteroatoms. The van der Waals surface area contributed by atoms with E-state index in [1.807, 2.05) is 48.7 Å². The van der Waals surface area contributed by atoms with Crippen molar-refractivity contribution in [2.24, 2.45) is 14.1 Å². The van der Waals surface area contributed by atoms with Crippen LogP contribution < -0.4 is 16.1 Å². The van der Waals surface area contributed by atoms with Crippen LogP contribution in [0.25, 0.3) is 16.6 Å². The van der Waals surface area contributed by atoms with Crippen molar-refractivity contribution in [3.05, 3.63) is 110 Å². The van der Waals surface area contributed by atoms with Crippen molar-refractivity contribution in [3.8, 4) is 17.2 Å². The lowest BCUT2D eigenvalue weighted by Gasteiger charge is -2.41. The summed E-state index contributed by atoms with van der Waals surface area (Å²) in [6, 6.07) is 17.9. The maximum Gasteiger partial charge on any atom is 0.331 e. The molecule has 3 aromatic carbocycles. The second-order valence-corrected chi connectivity index (χ2v) is 9.63. The van der Waals surface area contributed by atoms with Crippen LogP contribution in [-0.2, 0) is 14.1 Å². The number of aryl methyl sites for hydroxylation is 3. The molecule has 0 radical (unpaired) electrons. The van der Waals surface area contributed by atoms with Crippen LogP contribution in [0, 0.1) is 13.8 Å². The molecule has 37 heavy (non-hydrogen) atoms. The average molecular weight is 495 g/mol. The minimum absolute atomic E-state index is 0.0586. The average Bonchev–Trinajstić information content (AvgIpc) is 3.28. The van der Waals surface area contributed by atoms with Crippen molar-refractivity contribution >= 4 is 22.3 Å². The van der Waals surface area contributed by atoms with Gasteiger partial charge in [0.05, 0.1) is 28.0 Å². The summed E-state index contributed by atoms with van der Waals surface area (Å²) in [4.78, 5) is 28.5. The van der Waals surface area contributed by atoms with Crippen LogP contribution in [-0.4, -0.2) is 23.9 Å². The number of benzene rings is 3. The first-order chi connectivity index (χ1) is 17.7. The molecule has 1 atom stereocenters. The lowest BCUT2D eigenvalue weighted by atomic mass is 9.94. The van der Waals surface area contributed by atoms with Crippen LogP contribution in [0.2, 0.25) is 0 Å². The molecule has 0 spiro atoms. The standard InChI is InChI=1S/C29H26N4O4/c1-16-12-22-23(13-17(16)2)33(18-8-6-5-7-9-18)26(20-11-10-19(34)14-24(20)35)27-25-21(15-32(22)27)28(36)31(4)29(37)30(25)3/h5-15,26,34-35H,1-4H3. The van der Waals surface area contributed by atoms with Crippen molar-refractivity contribution in [3.63, 3.8) is 0 Å². The van der Waals surface area contributed by atoms with Gasteiger partial charge in [-0.2, -0.15) is 0 Å². The van der Waals surface area contributed by atoms with Crippen LogP contribution in [0.1, 0.15) is 28.4 Å². The highest BCUT2D eigenvalue weighted by Gasteiger charge is 2.38. The quantitative estimate of drug-likeness (QED) is 0.382. The molecule has 6 rings (SSSR count). The molecule has 8 nitrogen and oxygen atoms in total. The van der Waals surface area contributed by atoms with Gasteiger partial charge in [0.25, 0.3) is 5.56 Å². The SMILES string of the molecule is Cc1cc2c(cc1C)-n1cc3c(=O)n(C)c(=O)n(C)c3c1C(c1ccc(O)cc1O)N2c1ccccc1. The Bertz CT molecular complexity index is 1850. The minimum atomic E-state index is -0.618. The first-order valence-corrected chi connectivity index (χ1v) is 12.0. The van der Waals surface area contributed by atoms with Gasteiger partial charge < -0.3 is 19.7 Å². The molecule has 3 heterocycles. The highest BCUT2D eigenvalue weighted by molar-refractivity contribution is 5.89. The van der Waals surface area contributed by atoms with Crippen LogP contribution in [0.15, 0.2) is 76.4 Å². The zero-order valence-electron chi connectivity index (χ0n) is 20.9. The monoisotopic (exact) mass is 494 g/mol. The highest BCUT2D eigenvalue weighted by atomic mass is 16.3. The third kappa shape index (κ3) is 3.15. The van der Waals surface area contributed by atoms with Gasteiger partial charge in [-0.3, -0.25) is 13.9 Å². The van der Waals surface area contributed by atoms with Gasteiger partial charge >= 0.3 is 5.69 Å². The fourth-order valence-corrected chi connectivity index (χ4v) is 5.43. The van der Waals surface area contributed by atoms with Gasteiger partial charge in [0, 0.05) is 37.6 Å². The van der Waals surface area contributed by atoms with Crippen molar-refractivity contribution in [1.29, 1.82) is 0 Å². The summed E-state index contributed by atoms with van der Waals surface area (Å²) in [5, 5.41) is 21.5. The van der Waals surface area contributed by atoms with Crippen LogP contribution in [0.3, 0.4) is 0 Å². The van der Waals surface area contributed by atoms with Crippen molar-refractivity contribution in [2.75, 3.05) is 4.90 Å². The van der Waals surface area contributed by atoms with Crippen LogP contribution in [0.5, 0.6) is 11.5 Å². The maximum atomic E-state index is 13.3. The summed E-state index contributed by atoms with van der Waals surface area (Å²) in [7, 11) is 3.13. The lowest BCUT2D eigenvalue weighted by molar-refractivity contribution is 0.443. The first kappa shape index (κ1) is 22.7. The number of anilines is 2. The number of hydrogen-bond acceptors (Lipinski definition) is 5. The fraction of sp³-hybridized carbons (Fsp3) is 0.172. The van der Waals surface area contributed by atoms with E-state index in [2.05, 4.69) is 17.0 Å². The summed E-state index contributed by atoms with van der Waals surface area (Å²) in [5.74, 6) is -0.148. The van der Waals surface area contributed by atoms with E-state index in [0.717, 1.165) is 32.8 Å². The van der Waals surface area contributed by atoms with Gasteiger partial charge in [-0.15, -0.1) is 0 Å². The van der Waals surface area contributed by atoms with Gasteiger partial charge in [0.1, 0.15) is 17.5 Å². The zero-order valence-corrected chi connectivity index (χ0v) is 20.9. The summed E-state index contributed by atoms with van der Waals surface area (Å²) < 4.78 is 4.56. The molecule has 1 aliphatic rings. The molecule has 1 aliphatic heterocycles. The Kier molecular flexibility index (Phi) is 4.85. The van der Waals surface area contributed by atoms with Gasteiger partial charge in [0.15, 0.2) is 0 Å². The summed E-state index contributed by atoms with van der Waals surface area (Å²) in [6.07, 6.45) is 1.78. The van der Waals surface area contributed by atoms with Gasteiger partial charge in [-0.1, -0.05) is 18.2 Å². The maximum absolute atomic E-state index is 13.3. The second-order valence-electron chi connectivity index (χ2n) is 9.63.